The van der Waals surface area contributed by atoms with Crippen molar-refractivity contribution in [1.29, 1.82) is 0 Å². The highest BCUT2D eigenvalue weighted by Crippen LogP contribution is 2.36. The maximum Gasteiger partial charge on any atom is 0.229 e. The molecule has 2 fully saturated rings. The average Bonchev–Trinajstić information content (AvgIpc) is 2.85. The SMILES string of the molecule is Cc1ccc(NC(=O)C2C[N]C3CCCCC32)cc1. The van der Waals surface area contributed by atoms with E-state index < -0.39 is 0 Å². The summed E-state index contributed by atoms with van der Waals surface area (Å²) in [5, 5.41) is 7.70. The number of carbonyl (C=O) groups excluding carboxylic acids is 1. The third kappa shape index (κ3) is 2.66. The minimum absolute atomic E-state index is 0.0894. The van der Waals surface area contributed by atoms with E-state index in [0.717, 1.165) is 5.69 Å². The molecule has 3 unspecified atom stereocenters. The van der Waals surface area contributed by atoms with Gasteiger partial charge in [-0.25, -0.2) is 5.32 Å². The van der Waals surface area contributed by atoms with Crippen molar-refractivity contribution < 1.29 is 4.79 Å². The van der Waals surface area contributed by atoms with E-state index in [2.05, 4.69) is 10.6 Å². The predicted octanol–water partition coefficient (Wildman–Crippen LogP) is 2.73. The molecule has 1 aliphatic carbocycles. The molecular formula is C16H21N2O. The van der Waals surface area contributed by atoms with Gasteiger partial charge in [-0.3, -0.25) is 4.79 Å². The van der Waals surface area contributed by atoms with Crippen LogP contribution in [0.15, 0.2) is 24.3 Å². The Morgan fingerprint density at radius 1 is 1.21 bits per heavy atom. The smallest absolute Gasteiger partial charge is 0.229 e. The molecule has 1 saturated carbocycles. The van der Waals surface area contributed by atoms with Gasteiger partial charge in [0.1, 0.15) is 0 Å². The number of carbonyl (C=O) groups is 1. The molecule has 1 aromatic carbocycles. The summed E-state index contributed by atoms with van der Waals surface area (Å²) in [5.74, 6) is 0.729. The highest BCUT2D eigenvalue weighted by Gasteiger charge is 2.41. The number of nitrogens with one attached hydrogen (secondary N) is 1. The van der Waals surface area contributed by atoms with E-state index in [4.69, 9.17) is 0 Å². The second-order valence-electron chi connectivity index (χ2n) is 5.84. The fourth-order valence-corrected chi connectivity index (χ4v) is 3.37. The topological polar surface area (TPSA) is 43.2 Å². The molecule has 1 aromatic rings. The van der Waals surface area contributed by atoms with E-state index in [1.807, 2.05) is 31.2 Å². The molecule has 3 rings (SSSR count). The Morgan fingerprint density at radius 3 is 2.74 bits per heavy atom. The first-order valence-corrected chi connectivity index (χ1v) is 7.28. The summed E-state index contributed by atoms with van der Waals surface area (Å²) in [7, 11) is 0. The molecule has 3 heteroatoms. The van der Waals surface area contributed by atoms with E-state index in [9.17, 15) is 4.79 Å². The maximum atomic E-state index is 12.4. The van der Waals surface area contributed by atoms with Crippen LogP contribution in [0.25, 0.3) is 0 Å². The third-order valence-electron chi connectivity index (χ3n) is 4.49. The van der Waals surface area contributed by atoms with Crippen molar-refractivity contribution in [2.24, 2.45) is 11.8 Å². The number of hydrogen-bond donors (Lipinski definition) is 1. The molecule has 1 aliphatic heterocycles. The predicted molar refractivity (Wildman–Crippen MR) is 76.0 cm³/mol. The number of hydrogen-bond acceptors (Lipinski definition) is 1. The quantitative estimate of drug-likeness (QED) is 0.869. The molecule has 3 atom stereocenters. The van der Waals surface area contributed by atoms with Crippen LogP contribution in [0.1, 0.15) is 31.2 Å². The van der Waals surface area contributed by atoms with Crippen molar-refractivity contribution in [3.05, 3.63) is 29.8 Å². The summed E-state index contributed by atoms with van der Waals surface area (Å²) in [6.45, 7) is 2.76. The van der Waals surface area contributed by atoms with Crippen molar-refractivity contribution in [2.45, 2.75) is 38.6 Å². The normalized spacial score (nSPS) is 29.8. The number of anilines is 1. The van der Waals surface area contributed by atoms with Crippen LogP contribution >= 0.6 is 0 Å². The van der Waals surface area contributed by atoms with Crippen LogP contribution in [0, 0.1) is 18.8 Å². The molecule has 1 amide bonds. The van der Waals surface area contributed by atoms with Gasteiger partial charge >= 0.3 is 0 Å². The standard InChI is InChI=1S/C16H21N2O/c1-11-6-8-12(9-7-11)18-16(19)14-10-17-15-5-3-2-4-13(14)15/h6-9,13-15H,2-5,10H2,1H3,(H,18,19). The lowest BCUT2D eigenvalue weighted by Gasteiger charge is -2.27. The minimum atomic E-state index is 0.0894. The van der Waals surface area contributed by atoms with E-state index in [-0.39, 0.29) is 11.8 Å². The Labute approximate surface area is 114 Å². The van der Waals surface area contributed by atoms with E-state index in [0.29, 0.717) is 18.5 Å². The summed E-state index contributed by atoms with van der Waals surface area (Å²) >= 11 is 0. The van der Waals surface area contributed by atoms with Gasteiger partial charge in [-0.15, -0.1) is 0 Å². The molecule has 19 heavy (non-hydrogen) atoms. The van der Waals surface area contributed by atoms with Gasteiger partial charge < -0.3 is 5.32 Å². The fourth-order valence-electron chi connectivity index (χ4n) is 3.37. The van der Waals surface area contributed by atoms with Gasteiger partial charge in [0.05, 0.1) is 5.92 Å². The van der Waals surface area contributed by atoms with Crippen LogP contribution in [0.2, 0.25) is 0 Å². The van der Waals surface area contributed by atoms with E-state index in [1.165, 1.54) is 31.2 Å². The Hall–Kier alpha value is -1.35. The second kappa shape index (κ2) is 5.33. The van der Waals surface area contributed by atoms with Crippen molar-refractivity contribution in [2.75, 3.05) is 11.9 Å². The zero-order chi connectivity index (χ0) is 13.2. The first-order valence-electron chi connectivity index (χ1n) is 7.28. The first-order chi connectivity index (χ1) is 9.24. The van der Waals surface area contributed by atoms with Crippen LogP contribution in [-0.4, -0.2) is 18.5 Å². The lowest BCUT2D eigenvalue weighted by atomic mass is 9.79. The lowest BCUT2D eigenvalue weighted by molar-refractivity contribution is -0.120. The van der Waals surface area contributed by atoms with Crippen LogP contribution in [0.3, 0.4) is 0 Å². The molecule has 101 valence electrons. The van der Waals surface area contributed by atoms with Gasteiger partial charge in [0.15, 0.2) is 0 Å². The highest BCUT2D eigenvalue weighted by molar-refractivity contribution is 5.93. The number of nitrogens with zero attached hydrogens (tertiary/aromatic N) is 1. The Bertz CT molecular complexity index is 454. The number of benzene rings is 1. The molecule has 3 nitrogen and oxygen atoms in total. The first kappa shape index (κ1) is 12.7. The second-order valence-corrected chi connectivity index (χ2v) is 5.84. The third-order valence-corrected chi connectivity index (χ3v) is 4.49. The molecule has 1 radical (unpaired) electrons. The molecule has 2 aliphatic rings. The molecule has 1 N–H and O–H groups in total. The van der Waals surface area contributed by atoms with Crippen molar-refractivity contribution >= 4 is 11.6 Å². The Kier molecular flexibility index (Phi) is 3.56. The molecule has 0 spiro atoms. The summed E-state index contributed by atoms with van der Waals surface area (Å²) in [5.41, 5.74) is 2.11. The number of amides is 1. The number of fused-ring (bicyclic) bond motifs is 1. The highest BCUT2D eigenvalue weighted by atomic mass is 16.1. The summed E-state index contributed by atoms with van der Waals surface area (Å²) in [6, 6.07) is 8.44. The van der Waals surface area contributed by atoms with Crippen molar-refractivity contribution in [1.82, 2.24) is 5.32 Å². The van der Waals surface area contributed by atoms with Gasteiger partial charge in [0.2, 0.25) is 5.91 Å². The number of aryl methyl sites for hydroxylation is 1. The molecule has 1 heterocycles. The lowest BCUT2D eigenvalue weighted by Crippen LogP contribution is -2.32. The van der Waals surface area contributed by atoms with Crippen LogP contribution < -0.4 is 10.6 Å². The van der Waals surface area contributed by atoms with Crippen LogP contribution in [0.4, 0.5) is 5.69 Å². The summed E-state index contributed by atoms with van der Waals surface area (Å²) < 4.78 is 0. The molecule has 0 bridgehead atoms. The van der Waals surface area contributed by atoms with Crippen LogP contribution in [-0.2, 0) is 4.79 Å². The van der Waals surface area contributed by atoms with Gasteiger partial charge in [0, 0.05) is 18.3 Å². The van der Waals surface area contributed by atoms with Crippen LogP contribution in [0.5, 0.6) is 0 Å². The monoisotopic (exact) mass is 257 g/mol. The maximum absolute atomic E-state index is 12.4. The fraction of sp³-hybridized carbons (Fsp3) is 0.562. The molecule has 1 saturated heterocycles. The average molecular weight is 257 g/mol. The minimum Gasteiger partial charge on any atom is -0.326 e. The summed E-state index contributed by atoms with van der Waals surface area (Å²) in [6.07, 6.45) is 4.88. The van der Waals surface area contributed by atoms with Gasteiger partial charge in [-0.05, 0) is 37.8 Å². The van der Waals surface area contributed by atoms with E-state index in [1.54, 1.807) is 0 Å². The zero-order valence-corrected chi connectivity index (χ0v) is 11.4. The van der Waals surface area contributed by atoms with Gasteiger partial charge in [0.25, 0.3) is 0 Å². The largest absolute Gasteiger partial charge is 0.326 e. The van der Waals surface area contributed by atoms with Gasteiger partial charge in [-0.2, -0.15) is 0 Å². The number of rotatable bonds is 2. The Morgan fingerprint density at radius 2 is 1.95 bits per heavy atom. The van der Waals surface area contributed by atoms with Gasteiger partial charge in [-0.1, -0.05) is 30.5 Å². The zero-order valence-electron chi connectivity index (χ0n) is 11.4. The van der Waals surface area contributed by atoms with Crippen molar-refractivity contribution in [3.8, 4) is 0 Å². The molecule has 0 aromatic heterocycles. The molecular weight excluding hydrogens is 236 g/mol. The van der Waals surface area contributed by atoms with E-state index >= 15 is 0 Å². The summed E-state index contributed by atoms with van der Waals surface area (Å²) in [4.78, 5) is 12.4. The Balaban J connectivity index is 1.65. The van der Waals surface area contributed by atoms with Crippen molar-refractivity contribution in [3.63, 3.8) is 0 Å².